The number of aliphatic hydroxyl groups excluding tert-OH is 1. The molecule has 2 heteroatoms. The Morgan fingerprint density at radius 2 is 1.79 bits per heavy atom. The molecule has 0 aromatic heterocycles. The van der Waals surface area contributed by atoms with Gasteiger partial charge in [-0.15, -0.1) is 0 Å². The fourth-order valence-corrected chi connectivity index (χ4v) is 4.80. The molecule has 6 atom stereocenters. The van der Waals surface area contributed by atoms with Crippen LogP contribution in [0.3, 0.4) is 0 Å². The first kappa shape index (κ1) is 13.9. The Hall–Kier alpha value is -0.0800. The van der Waals surface area contributed by atoms with E-state index in [1.165, 1.54) is 32.1 Å². The minimum absolute atomic E-state index is 0.0629. The first-order valence-electron chi connectivity index (χ1n) is 8.19. The van der Waals surface area contributed by atoms with E-state index < -0.39 is 0 Å². The second-order valence-electron chi connectivity index (χ2n) is 8.27. The summed E-state index contributed by atoms with van der Waals surface area (Å²) in [6.07, 6.45) is 7.74. The number of aliphatic hydroxyl groups is 1. The molecule has 1 N–H and O–H groups in total. The fraction of sp³-hybridized carbons (Fsp3) is 1.00. The van der Waals surface area contributed by atoms with Gasteiger partial charge < -0.3 is 9.84 Å². The van der Waals surface area contributed by atoms with Crippen LogP contribution in [0.1, 0.15) is 66.2 Å². The lowest BCUT2D eigenvalue weighted by Gasteiger charge is -2.47. The Labute approximate surface area is 117 Å². The van der Waals surface area contributed by atoms with E-state index >= 15 is 0 Å². The van der Waals surface area contributed by atoms with Crippen LogP contribution >= 0.6 is 0 Å². The quantitative estimate of drug-likeness (QED) is 0.772. The smallest absolute Gasteiger partial charge is 0.0923 e. The van der Waals surface area contributed by atoms with Gasteiger partial charge in [0.25, 0.3) is 0 Å². The summed E-state index contributed by atoms with van der Waals surface area (Å²) in [5, 5.41) is 9.94. The molecule has 19 heavy (non-hydrogen) atoms. The summed E-state index contributed by atoms with van der Waals surface area (Å²) < 4.78 is 5.88. The van der Waals surface area contributed by atoms with Gasteiger partial charge in [-0.3, -0.25) is 0 Å². The van der Waals surface area contributed by atoms with E-state index in [0.717, 1.165) is 18.3 Å². The van der Waals surface area contributed by atoms with Crippen molar-refractivity contribution in [2.45, 2.75) is 84.0 Å². The molecule has 1 saturated heterocycles. The predicted molar refractivity (Wildman–Crippen MR) is 76.9 cm³/mol. The van der Waals surface area contributed by atoms with E-state index in [1.54, 1.807) is 0 Å². The molecule has 3 rings (SSSR count). The SMILES string of the molecule is CC1CC(C(C)(C)C2CCC3OC3(C)C2)CCC1O. The molecule has 110 valence electrons. The third kappa shape index (κ3) is 2.35. The topological polar surface area (TPSA) is 32.8 Å². The van der Waals surface area contributed by atoms with Gasteiger partial charge in [0.15, 0.2) is 0 Å². The summed E-state index contributed by atoms with van der Waals surface area (Å²) in [5.74, 6) is 2.04. The molecule has 0 amide bonds. The second kappa shape index (κ2) is 4.46. The lowest BCUT2D eigenvalue weighted by Crippen LogP contribution is -2.41. The normalized spacial score (nSPS) is 50.7. The Bertz CT molecular complexity index is 351. The fourth-order valence-electron chi connectivity index (χ4n) is 4.80. The van der Waals surface area contributed by atoms with Gasteiger partial charge in [-0.1, -0.05) is 20.8 Å². The standard InChI is InChI=1S/C17H30O2/c1-11-9-12(5-7-14(11)18)16(2,3)13-6-8-15-17(4,10-13)19-15/h11-15,18H,5-10H2,1-4H3. The lowest BCUT2D eigenvalue weighted by molar-refractivity contribution is -0.00949. The first-order valence-corrected chi connectivity index (χ1v) is 8.19. The third-order valence-corrected chi connectivity index (χ3v) is 6.69. The highest BCUT2D eigenvalue weighted by molar-refractivity contribution is 5.06. The first-order chi connectivity index (χ1) is 8.83. The number of ether oxygens (including phenoxy) is 1. The van der Waals surface area contributed by atoms with Crippen LogP contribution in [0.4, 0.5) is 0 Å². The van der Waals surface area contributed by atoms with Crippen LogP contribution < -0.4 is 0 Å². The molecule has 3 aliphatic rings. The van der Waals surface area contributed by atoms with Crippen LogP contribution in [0.2, 0.25) is 0 Å². The van der Waals surface area contributed by atoms with Crippen LogP contribution in [0, 0.1) is 23.2 Å². The van der Waals surface area contributed by atoms with Gasteiger partial charge in [0.05, 0.1) is 17.8 Å². The second-order valence-corrected chi connectivity index (χ2v) is 8.27. The van der Waals surface area contributed by atoms with Crippen molar-refractivity contribution in [3.8, 4) is 0 Å². The van der Waals surface area contributed by atoms with Gasteiger partial charge >= 0.3 is 0 Å². The molecule has 2 saturated carbocycles. The maximum atomic E-state index is 9.94. The van der Waals surface area contributed by atoms with Gasteiger partial charge in [-0.05, 0) is 68.6 Å². The van der Waals surface area contributed by atoms with Crippen LogP contribution in [0.25, 0.3) is 0 Å². The van der Waals surface area contributed by atoms with E-state index in [4.69, 9.17) is 4.74 Å². The minimum atomic E-state index is -0.0629. The van der Waals surface area contributed by atoms with Crippen LogP contribution in [0.15, 0.2) is 0 Å². The molecule has 6 unspecified atom stereocenters. The molecular formula is C17H30O2. The average molecular weight is 266 g/mol. The summed E-state index contributed by atoms with van der Waals surface area (Å²) in [4.78, 5) is 0. The molecule has 0 aromatic carbocycles. The molecule has 2 aliphatic carbocycles. The van der Waals surface area contributed by atoms with Crippen molar-refractivity contribution in [2.75, 3.05) is 0 Å². The third-order valence-electron chi connectivity index (χ3n) is 6.69. The highest BCUT2D eigenvalue weighted by Gasteiger charge is 2.58. The van der Waals surface area contributed by atoms with Crippen molar-refractivity contribution in [2.24, 2.45) is 23.2 Å². The lowest BCUT2D eigenvalue weighted by atomic mass is 9.58. The van der Waals surface area contributed by atoms with Crippen molar-refractivity contribution in [3.63, 3.8) is 0 Å². The van der Waals surface area contributed by atoms with Gasteiger partial charge in [-0.2, -0.15) is 0 Å². The molecule has 2 nitrogen and oxygen atoms in total. The average Bonchev–Trinajstić information content (AvgIpc) is 3.03. The summed E-state index contributed by atoms with van der Waals surface area (Å²) in [5.41, 5.74) is 0.605. The summed E-state index contributed by atoms with van der Waals surface area (Å²) in [6.45, 7) is 9.46. The zero-order chi connectivity index (χ0) is 13.8. The Kier molecular flexibility index (Phi) is 3.26. The molecule has 0 bridgehead atoms. The maximum absolute atomic E-state index is 9.94. The maximum Gasteiger partial charge on any atom is 0.0923 e. The molecule has 1 heterocycles. The molecule has 3 fully saturated rings. The van der Waals surface area contributed by atoms with Crippen molar-refractivity contribution < 1.29 is 9.84 Å². The Balaban J connectivity index is 1.68. The number of epoxide rings is 1. The van der Waals surface area contributed by atoms with Crippen LogP contribution in [-0.4, -0.2) is 22.9 Å². The molecule has 0 aromatic rings. The highest BCUT2D eigenvalue weighted by atomic mass is 16.6. The minimum Gasteiger partial charge on any atom is -0.393 e. The zero-order valence-electron chi connectivity index (χ0n) is 13.0. The van der Waals surface area contributed by atoms with Gasteiger partial charge in [0, 0.05) is 0 Å². The summed E-state index contributed by atoms with van der Waals surface area (Å²) in [6, 6.07) is 0. The Morgan fingerprint density at radius 1 is 1.11 bits per heavy atom. The summed E-state index contributed by atoms with van der Waals surface area (Å²) >= 11 is 0. The number of hydrogen-bond donors (Lipinski definition) is 1. The molecule has 1 aliphatic heterocycles. The zero-order valence-corrected chi connectivity index (χ0v) is 13.0. The van der Waals surface area contributed by atoms with Crippen molar-refractivity contribution in [3.05, 3.63) is 0 Å². The predicted octanol–water partition coefficient (Wildman–Crippen LogP) is 3.77. The van der Waals surface area contributed by atoms with E-state index in [9.17, 15) is 5.11 Å². The van der Waals surface area contributed by atoms with Crippen molar-refractivity contribution >= 4 is 0 Å². The molecule has 0 radical (unpaired) electrons. The monoisotopic (exact) mass is 266 g/mol. The van der Waals surface area contributed by atoms with Gasteiger partial charge in [0.2, 0.25) is 0 Å². The number of rotatable bonds is 2. The Morgan fingerprint density at radius 3 is 2.42 bits per heavy atom. The van der Waals surface area contributed by atoms with E-state index in [0.29, 0.717) is 17.4 Å². The van der Waals surface area contributed by atoms with E-state index in [1.807, 2.05) is 0 Å². The van der Waals surface area contributed by atoms with Crippen LogP contribution in [0.5, 0.6) is 0 Å². The summed E-state index contributed by atoms with van der Waals surface area (Å²) in [7, 11) is 0. The highest BCUT2D eigenvalue weighted by Crippen LogP contribution is 2.56. The molecule has 0 spiro atoms. The molecular weight excluding hydrogens is 236 g/mol. The van der Waals surface area contributed by atoms with Crippen LogP contribution in [-0.2, 0) is 4.74 Å². The van der Waals surface area contributed by atoms with Crippen molar-refractivity contribution in [1.82, 2.24) is 0 Å². The largest absolute Gasteiger partial charge is 0.393 e. The van der Waals surface area contributed by atoms with E-state index in [2.05, 4.69) is 27.7 Å². The van der Waals surface area contributed by atoms with Gasteiger partial charge in [-0.25, -0.2) is 0 Å². The van der Waals surface area contributed by atoms with E-state index in [-0.39, 0.29) is 11.7 Å². The number of fused-ring (bicyclic) bond motifs is 1. The van der Waals surface area contributed by atoms with Gasteiger partial charge in [0.1, 0.15) is 0 Å². The number of hydrogen-bond acceptors (Lipinski definition) is 2. The van der Waals surface area contributed by atoms with Crippen molar-refractivity contribution in [1.29, 1.82) is 0 Å².